The molecule has 1 fully saturated rings. The molecule has 1 saturated heterocycles. The predicted molar refractivity (Wildman–Crippen MR) is 122 cm³/mol. The Morgan fingerprint density at radius 3 is 2.59 bits per heavy atom. The van der Waals surface area contributed by atoms with Crippen molar-refractivity contribution in [3.05, 3.63) is 87.6 Å². The summed E-state index contributed by atoms with van der Waals surface area (Å²) in [7, 11) is 0. The van der Waals surface area contributed by atoms with Gasteiger partial charge in [-0.2, -0.15) is 0 Å². The molecular formula is C24H27N5O3. The number of aromatic nitrogens is 3. The largest absolute Gasteiger partial charge is 0.378 e. The number of hydrogen-bond acceptors (Lipinski definition) is 6. The molecule has 0 saturated carbocycles. The van der Waals surface area contributed by atoms with Crippen molar-refractivity contribution in [2.75, 3.05) is 31.2 Å². The summed E-state index contributed by atoms with van der Waals surface area (Å²) >= 11 is 0. The Hall–Kier alpha value is -3.52. The maximum atomic E-state index is 12.8. The maximum Gasteiger partial charge on any atom is 0.255 e. The van der Waals surface area contributed by atoms with E-state index in [0.29, 0.717) is 49.9 Å². The van der Waals surface area contributed by atoms with Gasteiger partial charge >= 0.3 is 0 Å². The molecule has 8 nitrogen and oxygen atoms in total. The minimum absolute atomic E-state index is 0.152. The third-order valence-corrected chi connectivity index (χ3v) is 5.54. The molecule has 1 aliphatic heterocycles. The van der Waals surface area contributed by atoms with Gasteiger partial charge in [-0.15, -0.1) is 0 Å². The SMILES string of the molecule is Cc1nc(N2CCOCC2)[nH]c(=O)c1CCC(=O)NC(c1ccccc1)c1ccccn1. The first-order chi connectivity index (χ1) is 15.6. The monoisotopic (exact) mass is 433 g/mol. The zero-order valence-corrected chi connectivity index (χ0v) is 18.1. The van der Waals surface area contributed by atoms with E-state index in [-0.39, 0.29) is 23.9 Å². The van der Waals surface area contributed by atoms with E-state index in [4.69, 9.17) is 4.74 Å². The van der Waals surface area contributed by atoms with Crippen LogP contribution in [-0.2, 0) is 16.0 Å². The fourth-order valence-corrected chi connectivity index (χ4v) is 3.81. The number of pyridine rings is 1. The van der Waals surface area contributed by atoms with Crippen LogP contribution in [0.3, 0.4) is 0 Å². The third kappa shape index (κ3) is 5.20. The van der Waals surface area contributed by atoms with E-state index in [1.807, 2.05) is 60.4 Å². The zero-order valence-electron chi connectivity index (χ0n) is 18.1. The highest BCUT2D eigenvalue weighted by Crippen LogP contribution is 2.20. The van der Waals surface area contributed by atoms with Crippen molar-refractivity contribution >= 4 is 11.9 Å². The third-order valence-electron chi connectivity index (χ3n) is 5.54. The Balaban J connectivity index is 1.45. The van der Waals surface area contributed by atoms with Crippen LogP contribution in [0.4, 0.5) is 5.95 Å². The Morgan fingerprint density at radius 2 is 1.91 bits per heavy atom. The maximum absolute atomic E-state index is 12.8. The number of anilines is 1. The molecule has 32 heavy (non-hydrogen) atoms. The van der Waals surface area contributed by atoms with Crippen molar-refractivity contribution in [1.29, 1.82) is 0 Å². The molecule has 0 spiro atoms. The molecule has 166 valence electrons. The van der Waals surface area contributed by atoms with Crippen LogP contribution in [0, 0.1) is 6.92 Å². The Bertz CT molecular complexity index is 1060. The van der Waals surface area contributed by atoms with Crippen LogP contribution in [0.1, 0.15) is 35.0 Å². The summed E-state index contributed by atoms with van der Waals surface area (Å²) in [5.41, 5.74) is 2.69. The number of aryl methyl sites for hydroxylation is 1. The van der Waals surface area contributed by atoms with E-state index < -0.39 is 0 Å². The average molecular weight is 434 g/mol. The second kappa shape index (κ2) is 10.2. The molecule has 4 rings (SSSR count). The van der Waals surface area contributed by atoms with Gasteiger partial charge in [-0.05, 0) is 31.0 Å². The average Bonchev–Trinajstić information content (AvgIpc) is 2.83. The number of benzene rings is 1. The summed E-state index contributed by atoms with van der Waals surface area (Å²) < 4.78 is 5.36. The molecule has 1 atom stereocenters. The molecule has 1 unspecified atom stereocenters. The van der Waals surface area contributed by atoms with Crippen LogP contribution < -0.4 is 15.8 Å². The quantitative estimate of drug-likeness (QED) is 0.592. The number of morpholine rings is 1. The highest BCUT2D eigenvalue weighted by atomic mass is 16.5. The first-order valence-corrected chi connectivity index (χ1v) is 10.8. The van der Waals surface area contributed by atoms with Crippen LogP contribution in [0.2, 0.25) is 0 Å². The van der Waals surface area contributed by atoms with Crippen molar-refractivity contribution in [3.8, 4) is 0 Å². The molecular weight excluding hydrogens is 406 g/mol. The van der Waals surface area contributed by atoms with E-state index in [1.54, 1.807) is 6.20 Å². The number of carbonyl (C=O) groups excluding carboxylic acids is 1. The number of carbonyl (C=O) groups is 1. The predicted octanol–water partition coefficient (Wildman–Crippen LogP) is 2.15. The normalized spacial score (nSPS) is 14.7. The van der Waals surface area contributed by atoms with E-state index in [1.165, 1.54) is 0 Å². The van der Waals surface area contributed by atoms with E-state index in [0.717, 1.165) is 11.3 Å². The standard InChI is InChI=1S/C24H27N5O3/c1-17-19(23(31)28-24(26-17)29-13-15-32-16-14-29)10-11-21(30)27-22(18-7-3-2-4-8-18)20-9-5-6-12-25-20/h2-9,12,22H,10-11,13-16H2,1H3,(H,27,30)(H,26,28,31). The van der Waals surface area contributed by atoms with Gasteiger partial charge in [0.1, 0.15) is 0 Å². The number of nitrogens with one attached hydrogen (secondary N) is 2. The molecule has 3 aromatic rings. The van der Waals surface area contributed by atoms with Gasteiger partial charge in [0.2, 0.25) is 11.9 Å². The second-order valence-electron chi connectivity index (χ2n) is 7.72. The summed E-state index contributed by atoms with van der Waals surface area (Å²) in [4.78, 5) is 39.4. The second-order valence-corrected chi connectivity index (χ2v) is 7.72. The lowest BCUT2D eigenvalue weighted by Gasteiger charge is -2.27. The van der Waals surface area contributed by atoms with Crippen molar-refractivity contribution in [2.45, 2.75) is 25.8 Å². The molecule has 2 aromatic heterocycles. The lowest BCUT2D eigenvalue weighted by molar-refractivity contribution is -0.121. The number of rotatable bonds is 7. The number of amides is 1. The lowest BCUT2D eigenvalue weighted by Crippen LogP contribution is -2.38. The molecule has 0 radical (unpaired) electrons. The number of hydrogen-bond donors (Lipinski definition) is 2. The zero-order chi connectivity index (χ0) is 22.3. The van der Waals surface area contributed by atoms with Crippen LogP contribution in [0.25, 0.3) is 0 Å². The number of nitrogens with zero attached hydrogens (tertiary/aromatic N) is 3. The fourth-order valence-electron chi connectivity index (χ4n) is 3.81. The molecule has 8 heteroatoms. The van der Waals surface area contributed by atoms with E-state index >= 15 is 0 Å². The van der Waals surface area contributed by atoms with Crippen molar-refractivity contribution < 1.29 is 9.53 Å². The summed E-state index contributed by atoms with van der Waals surface area (Å²) in [6.07, 6.45) is 2.20. The minimum Gasteiger partial charge on any atom is -0.378 e. The van der Waals surface area contributed by atoms with E-state index in [2.05, 4.69) is 20.3 Å². The topological polar surface area (TPSA) is 100 Å². The molecule has 0 bridgehead atoms. The molecule has 1 aliphatic rings. The van der Waals surface area contributed by atoms with Crippen LogP contribution >= 0.6 is 0 Å². The Labute approximate surface area is 186 Å². The number of H-pyrrole nitrogens is 1. The number of aromatic amines is 1. The first kappa shape index (κ1) is 21.7. The van der Waals surface area contributed by atoms with Crippen LogP contribution in [-0.4, -0.2) is 47.2 Å². The van der Waals surface area contributed by atoms with Gasteiger partial charge in [-0.1, -0.05) is 36.4 Å². The summed E-state index contributed by atoms with van der Waals surface area (Å²) in [6.45, 7) is 4.43. The molecule has 0 aliphatic carbocycles. The minimum atomic E-state index is -0.355. The molecule has 1 aromatic carbocycles. The Morgan fingerprint density at radius 1 is 1.16 bits per heavy atom. The van der Waals surface area contributed by atoms with Crippen LogP contribution in [0.15, 0.2) is 59.5 Å². The van der Waals surface area contributed by atoms with Gasteiger partial charge in [0.05, 0.1) is 24.9 Å². The van der Waals surface area contributed by atoms with Crippen LogP contribution in [0.5, 0.6) is 0 Å². The molecule has 1 amide bonds. The van der Waals surface area contributed by atoms with Gasteiger partial charge in [-0.25, -0.2) is 4.98 Å². The highest BCUT2D eigenvalue weighted by molar-refractivity contribution is 5.77. The first-order valence-electron chi connectivity index (χ1n) is 10.8. The van der Waals surface area contributed by atoms with Crippen molar-refractivity contribution in [3.63, 3.8) is 0 Å². The number of ether oxygens (including phenoxy) is 1. The van der Waals surface area contributed by atoms with Crippen molar-refractivity contribution in [2.24, 2.45) is 0 Å². The molecule has 2 N–H and O–H groups in total. The van der Waals surface area contributed by atoms with Gasteiger partial charge in [0.15, 0.2) is 0 Å². The van der Waals surface area contributed by atoms with Gasteiger partial charge in [-0.3, -0.25) is 19.6 Å². The fraction of sp³-hybridized carbons (Fsp3) is 0.333. The summed E-state index contributed by atoms with van der Waals surface area (Å²) in [6, 6.07) is 15.0. The molecule has 3 heterocycles. The smallest absolute Gasteiger partial charge is 0.255 e. The Kier molecular flexibility index (Phi) is 6.91. The van der Waals surface area contributed by atoms with E-state index in [9.17, 15) is 9.59 Å². The van der Waals surface area contributed by atoms with Gasteiger partial charge < -0.3 is 15.0 Å². The highest BCUT2D eigenvalue weighted by Gasteiger charge is 2.20. The van der Waals surface area contributed by atoms with Gasteiger partial charge in [0, 0.05) is 37.0 Å². The lowest BCUT2D eigenvalue weighted by atomic mass is 10.0. The van der Waals surface area contributed by atoms with Gasteiger partial charge in [0.25, 0.3) is 5.56 Å². The van der Waals surface area contributed by atoms with Crippen molar-refractivity contribution in [1.82, 2.24) is 20.3 Å². The summed E-state index contributed by atoms with van der Waals surface area (Å²) in [5.74, 6) is 0.406. The summed E-state index contributed by atoms with van der Waals surface area (Å²) in [5, 5.41) is 3.07.